The van der Waals surface area contributed by atoms with Crippen molar-refractivity contribution in [1.29, 1.82) is 0 Å². The van der Waals surface area contributed by atoms with Gasteiger partial charge in [0.1, 0.15) is 17.8 Å². The molecule has 2 aromatic carbocycles. The van der Waals surface area contributed by atoms with Crippen molar-refractivity contribution in [3.63, 3.8) is 0 Å². The first-order valence-electron chi connectivity index (χ1n) is 12.6. The van der Waals surface area contributed by atoms with Crippen LogP contribution in [0.1, 0.15) is 18.6 Å². The Morgan fingerprint density at radius 3 is 2.39 bits per heavy atom. The predicted octanol–water partition coefficient (Wildman–Crippen LogP) is 3.99. The zero-order valence-electron chi connectivity index (χ0n) is 21.3. The fourth-order valence-corrected chi connectivity index (χ4v) is 5.52. The normalized spacial score (nSPS) is 16.7. The molecule has 9 nitrogen and oxygen atoms in total. The number of furan rings is 1. The number of carbonyl (C=O) groups is 3. The van der Waals surface area contributed by atoms with E-state index >= 15 is 0 Å². The Hall–Kier alpha value is -3.92. The standard InChI is InChI=1S/C28H31N5O4S/c1-38-24-11-9-21(10-12-24)30-27(36)31-15-13-28(14-16-31)26(35)32(20-33(28)22-6-3-2-4-7-22)19-25(34)29-18-23-8-5-17-37-23/h2-12,17H,13-16,18-20H2,1H3,(H,29,34)(H,30,36). The van der Waals surface area contributed by atoms with Gasteiger partial charge in [0.15, 0.2) is 0 Å². The molecule has 5 rings (SSSR count). The largest absolute Gasteiger partial charge is 0.467 e. The summed E-state index contributed by atoms with van der Waals surface area (Å²) < 4.78 is 5.28. The minimum absolute atomic E-state index is 0.0408. The van der Waals surface area contributed by atoms with Crippen molar-refractivity contribution in [3.8, 4) is 0 Å². The lowest BCUT2D eigenvalue weighted by Crippen LogP contribution is -2.58. The summed E-state index contributed by atoms with van der Waals surface area (Å²) in [6.07, 6.45) is 4.52. The summed E-state index contributed by atoms with van der Waals surface area (Å²) in [7, 11) is 0. The lowest BCUT2D eigenvalue weighted by atomic mass is 9.85. The van der Waals surface area contributed by atoms with Crippen molar-refractivity contribution in [2.45, 2.75) is 29.8 Å². The van der Waals surface area contributed by atoms with Crippen molar-refractivity contribution in [2.24, 2.45) is 0 Å². The highest BCUT2D eigenvalue weighted by atomic mass is 32.2. The van der Waals surface area contributed by atoms with Gasteiger partial charge in [-0.1, -0.05) is 18.2 Å². The van der Waals surface area contributed by atoms with E-state index in [0.29, 0.717) is 38.4 Å². The lowest BCUT2D eigenvalue weighted by molar-refractivity contribution is -0.137. The number of amides is 4. The SMILES string of the molecule is CSc1ccc(NC(=O)N2CCC3(CC2)C(=O)N(CC(=O)NCc2ccco2)CN3c2ccccc2)cc1. The van der Waals surface area contributed by atoms with Crippen molar-refractivity contribution in [3.05, 3.63) is 78.8 Å². The Balaban J connectivity index is 1.26. The van der Waals surface area contributed by atoms with Gasteiger partial charge in [0.2, 0.25) is 5.91 Å². The summed E-state index contributed by atoms with van der Waals surface area (Å²) >= 11 is 1.65. The summed E-state index contributed by atoms with van der Waals surface area (Å²) in [5.74, 6) is 0.325. The van der Waals surface area contributed by atoms with Crippen LogP contribution in [0.4, 0.5) is 16.2 Å². The molecule has 2 saturated heterocycles. The van der Waals surface area contributed by atoms with Gasteiger partial charge in [-0.3, -0.25) is 9.59 Å². The van der Waals surface area contributed by atoms with Crippen LogP contribution in [0.15, 0.2) is 82.3 Å². The van der Waals surface area contributed by atoms with Gasteiger partial charge < -0.3 is 29.8 Å². The second-order valence-electron chi connectivity index (χ2n) is 9.44. The van der Waals surface area contributed by atoms with Crippen molar-refractivity contribution >= 4 is 41.0 Å². The van der Waals surface area contributed by atoms with Gasteiger partial charge in [-0.25, -0.2) is 4.79 Å². The Morgan fingerprint density at radius 2 is 1.74 bits per heavy atom. The molecular formula is C28H31N5O4S. The third-order valence-corrected chi connectivity index (χ3v) is 7.92. The number of rotatable bonds is 7. The molecule has 198 valence electrons. The number of piperidine rings is 1. The molecule has 1 aromatic heterocycles. The summed E-state index contributed by atoms with van der Waals surface area (Å²) in [5.41, 5.74) is 0.855. The van der Waals surface area contributed by atoms with E-state index in [2.05, 4.69) is 15.5 Å². The molecule has 0 aliphatic carbocycles. The first-order valence-corrected chi connectivity index (χ1v) is 13.8. The Bertz CT molecular complexity index is 1260. The summed E-state index contributed by atoms with van der Waals surface area (Å²) in [6.45, 7) is 1.40. The van der Waals surface area contributed by atoms with Gasteiger partial charge in [-0.05, 0) is 67.6 Å². The number of hydrogen-bond donors (Lipinski definition) is 2. The minimum atomic E-state index is -0.806. The highest BCUT2D eigenvalue weighted by Gasteiger charge is 2.54. The molecule has 3 heterocycles. The van der Waals surface area contributed by atoms with E-state index in [4.69, 9.17) is 4.42 Å². The van der Waals surface area contributed by atoms with Crippen LogP contribution in [0.5, 0.6) is 0 Å². The Morgan fingerprint density at radius 1 is 1.00 bits per heavy atom. The number of thioether (sulfide) groups is 1. The smallest absolute Gasteiger partial charge is 0.321 e. The number of nitrogens with zero attached hydrogens (tertiary/aromatic N) is 3. The first-order chi connectivity index (χ1) is 18.5. The van der Waals surface area contributed by atoms with Gasteiger partial charge in [0.05, 0.1) is 19.5 Å². The van der Waals surface area contributed by atoms with Gasteiger partial charge in [-0.2, -0.15) is 0 Å². The minimum Gasteiger partial charge on any atom is -0.467 e. The number of para-hydroxylation sites is 1. The zero-order valence-corrected chi connectivity index (χ0v) is 22.1. The average molecular weight is 534 g/mol. The van der Waals surface area contributed by atoms with Crippen LogP contribution in [0, 0.1) is 0 Å². The molecule has 2 fully saturated rings. The fourth-order valence-electron chi connectivity index (χ4n) is 5.11. The van der Waals surface area contributed by atoms with Gasteiger partial charge in [0.25, 0.3) is 5.91 Å². The monoisotopic (exact) mass is 533 g/mol. The quantitative estimate of drug-likeness (QED) is 0.446. The van der Waals surface area contributed by atoms with Crippen LogP contribution in [-0.2, 0) is 16.1 Å². The number of hydrogen-bond acceptors (Lipinski definition) is 6. The van der Waals surface area contributed by atoms with Crippen LogP contribution in [0.3, 0.4) is 0 Å². The number of likely N-dealkylation sites (tertiary alicyclic amines) is 1. The average Bonchev–Trinajstić information content (AvgIpc) is 3.56. The van der Waals surface area contributed by atoms with Crippen molar-refractivity contribution in [1.82, 2.24) is 15.1 Å². The van der Waals surface area contributed by atoms with Crippen molar-refractivity contribution in [2.75, 3.05) is 42.8 Å². The number of benzene rings is 2. The zero-order chi connectivity index (χ0) is 26.5. The molecule has 2 aliphatic rings. The molecule has 10 heteroatoms. The van der Waals surface area contributed by atoms with E-state index in [0.717, 1.165) is 16.3 Å². The molecule has 4 amide bonds. The third-order valence-electron chi connectivity index (χ3n) is 7.18. The molecule has 0 bridgehead atoms. The van der Waals surface area contributed by atoms with E-state index in [1.807, 2.05) is 60.9 Å². The van der Waals surface area contributed by atoms with Gasteiger partial charge in [-0.15, -0.1) is 11.8 Å². The number of urea groups is 1. The summed E-state index contributed by atoms with van der Waals surface area (Å²) in [4.78, 5) is 46.1. The van der Waals surface area contributed by atoms with Crippen LogP contribution in [0.2, 0.25) is 0 Å². The Kier molecular flexibility index (Phi) is 7.59. The lowest BCUT2D eigenvalue weighted by Gasteiger charge is -2.43. The van der Waals surface area contributed by atoms with Gasteiger partial charge in [0, 0.05) is 29.4 Å². The van der Waals surface area contributed by atoms with E-state index in [-0.39, 0.29) is 30.9 Å². The summed E-state index contributed by atoms with van der Waals surface area (Å²) in [5, 5.41) is 5.79. The topological polar surface area (TPSA) is 98.1 Å². The molecule has 2 aliphatic heterocycles. The molecule has 0 saturated carbocycles. The summed E-state index contributed by atoms with van der Waals surface area (Å²) in [6, 6.07) is 20.9. The molecule has 3 aromatic rings. The Labute approximate surface area is 226 Å². The first kappa shape index (κ1) is 25.7. The maximum Gasteiger partial charge on any atom is 0.321 e. The maximum atomic E-state index is 13.8. The number of nitrogens with one attached hydrogen (secondary N) is 2. The molecule has 38 heavy (non-hydrogen) atoms. The fraction of sp³-hybridized carbons (Fsp3) is 0.321. The van der Waals surface area contributed by atoms with E-state index in [9.17, 15) is 14.4 Å². The van der Waals surface area contributed by atoms with Crippen LogP contribution < -0.4 is 15.5 Å². The molecule has 0 unspecified atom stereocenters. The van der Waals surface area contributed by atoms with E-state index < -0.39 is 5.54 Å². The predicted molar refractivity (Wildman–Crippen MR) is 147 cm³/mol. The van der Waals surface area contributed by atoms with Crippen LogP contribution in [-0.4, -0.2) is 65.7 Å². The van der Waals surface area contributed by atoms with Gasteiger partial charge >= 0.3 is 6.03 Å². The van der Waals surface area contributed by atoms with E-state index in [1.54, 1.807) is 40.0 Å². The second-order valence-corrected chi connectivity index (χ2v) is 10.3. The maximum absolute atomic E-state index is 13.8. The molecule has 0 radical (unpaired) electrons. The van der Waals surface area contributed by atoms with Crippen LogP contribution in [0.25, 0.3) is 0 Å². The third kappa shape index (κ3) is 5.35. The molecule has 2 N–H and O–H groups in total. The highest BCUT2D eigenvalue weighted by molar-refractivity contribution is 7.98. The molecular weight excluding hydrogens is 502 g/mol. The molecule has 0 atom stereocenters. The number of anilines is 2. The van der Waals surface area contributed by atoms with Crippen molar-refractivity contribution < 1.29 is 18.8 Å². The molecule has 1 spiro atoms. The van der Waals surface area contributed by atoms with E-state index in [1.165, 1.54) is 0 Å². The number of carbonyl (C=O) groups excluding carboxylic acids is 3. The van der Waals surface area contributed by atoms with Crippen LogP contribution >= 0.6 is 11.8 Å². The highest BCUT2D eigenvalue weighted by Crippen LogP contribution is 2.39. The second kappa shape index (κ2) is 11.2.